The molecule has 2 aromatic heterocycles. The Morgan fingerprint density at radius 1 is 1.15 bits per heavy atom. The summed E-state index contributed by atoms with van der Waals surface area (Å²) in [5, 5.41) is 0.965. The van der Waals surface area contributed by atoms with Crippen molar-refractivity contribution in [3.63, 3.8) is 0 Å². The molecule has 0 spiro atoms. The Labute approximate surface area is 163 Å². The van der Waals surface area contributed by atoms with E-state index in [4.69, 9.17) is 4.74 Å². The third kappa shape index (κ3) is 3.82. The average Bonchev–Trinajstić information content (AvgIpc) is 3.18. The van der Waals surface area contributed by atoms with Crippen LogP contribution in [0.1, 0.15) is 41.3 Å². The number of likely N-dealkylation sites (tertiary alicyclic amines) is 1. The van der Waals surface area contributed by atoms with Crippen molar-refractivity contribution >= 4 is 21.6 Å². The summed E-state index contributed by atoms with van der Waals surface area (Å²) in [7, 11) is 0. The van der Waals surface area contributed by atoms with Gasteiger partial charge in [0, 0.05) is 48.2 Å². The number of nitrogens with zero attached hydrogens (tertiary/aromatic N) is 3. The monoisotopic (exact) mass is 385 g/mol. The summed E-state index contributed by atoms with van der Waals surface area (Å²) in [5.74, 6) is 0.716. The first-order valence-electron chi connectivity index (χ1n) is 9.31. The summed E-state index contributed by atoms with van der Waals surface area (Å²) < 4.78 is 21.8. The Hall–Kier alpha value is -2.05. The Bertz CT molecular complexity index is 967. The Balaban J connectivity index is 1.49. The van der Waals surface area contributed by atoms with Gasteiger partial charge in [-0.2, -0.15) is 0 Å². The third-order valence-corrected chi connectivity index (χ3v) is 6.08. The third-order valence-electron chi connectivity index (χ3n) is 5.15. The molecule has 0 radical (unpaired) electrons. The van der Waals surface area contributed by atoms with Crippen molar-refractivity contribution in [3.05, 3.63) is 52.0 Å². The molecular weight excluding hydrogens is 361 g/mol. The Morgan fingerprint density at radius 3 is 2.63 bits per heavy atom. The molecule has 0 bridgehead atoms. The number of aryl methyl sites for hydroxylation is 3. The van der Waals surface area contributed by atoms with Crippen molar-refractivity contribution in [2.45, 2.75) is 46.3 Å². The Morgan fingerprint density at radius 2 is 1.89 bits per heavy atom. The second-order valence-electron chi connectivity index (χ2n) is 7.36. The highest BCUT2D eigenvalue weighted by atomic mass is 32.1. The summed E-state index contributed by atoms with van der Waals surface area (Å²) in [6.45, 7) is 9.64. The largest absolute Gasteiger partial charge is 0.489 e. The maximum Gasteiger partial charge on any atom is 0.129 e. The lowest BCUT2D eigenvalue weighted by Gasteiger charge is -2.25. The van der Waals surface area contributed by atoms with Crippen LogP contribution >= 0.6 is 11.3 Å². The number of hydrogen-bond donors (Lipinski definition) is 0. The van der Waals surface area contributed by atoms with Gasteiger partial charge in [0.1, 0.15) is 17.7 Å². The average molecular weight is 386 g/mol. The second-order valence-corrected chi connectivity index (χ2v) is 8.59. The fourth-order valence-corrected chi connectivity index (χ4v) is 4.69. The van der Waals surface area contributed by atoms with Gasteiger partial charge in [0.2, 0.25) is 0 Å². The predicted molar refractivity (Wildman–Crippen MR) is 107 cm³/mol. The normalized spacial score (nSPS) is 18.9. The van der Waals surface area contributed by atoms with E-state index in [2.05, 4.69) is 21.8 Å². The minimum atomic E-state index is -0.150. The molecule has 0 amide bonds. The topological polar surface area (TPSA) is 38.2 Å². The van der Waals surface area contributed by atoms with E-state index < -0.39 is 0 Å². The van der Waals surface area contributed by atoms with E-state index in [1.807, 2.05) is 39.0 Å². The summed E-state index contributed by atoms with van der Waals surface area (Å²) in [5.41, 5.74) is 3.52. The molecule has 3 aromatic rings. The van der Waals surface area contributed by atoms with Gasteiger partial charge in [-0.15, -0.1) is 11.3 Å². The number of pyridine rings is 1. The molecule has 142 valence electrons. The van der Waals surface area contributed by atoms with Gasteiger partial charge < -0.3 is 4.74 Å². The smallest absolute Gasteiger partial charge is 0.129 e. The van der Waals surface area contributed by atoms with Crippen LogP contribution in [-0.2, 0) is 0 Å². The molecule has 1 aliphatic heterocycles. The van der Waals surface area contributed by atoms with Crippen molar-refractivity contribution in [2.24, 2.45) is 0 Å². The molecule has 1 fully saturated rings. The van der Waals surface area contributed by atoms with Crippen LogP contribution in [0.3, 0.4) is 0 Å². The fraction of sp³-hybridized carbons (Fsp3) is 0.429. The van der Waals surface area contributed by atoms with E-state index in [9.17, 15) is 4.39 Å². The van der Waals surface area contributed by atoms with E-state index in [0.29, 0.717) is 5.56 Å². The molecule has 27 heavy (non-hydrogen) atoms. The first-order chi connectivity index (χ1) is 12.9. The van der Waals surface area contributed by atoms with Crippen LogP contribution in [0.25, 0.3) is 10.2 Å². The maximum atomic E-state index is 14.7. The molecule has 4 rings (SSSR count). The van der Waals surface area contributed by atoms with E-state index in [1.165, 1.54) is 11.3 Å². The highest BCUT2D eigenvalue weighted by molar-refractivity contribution is 7.18. The quantitative estimate of drug-likeness (QED) is 0.636. The zero-order valence-corrected chi connectivity index (χ0v) is 16.9. The molecular formula is C21H24FN3OS. The molecule has 1 aliphatic rings. The van der Waals surface area contributed by atoms with Gasteiger partial charge in [-0.3, -0.25) is 9.88 Å². The van der Waals surface area contributed by atoms with Gasteiger partial charge in [-0.1, -0.05) is 0 Å². The van der Waals surface area contributed by atoms with E-state index >= 15 is 0 Å². The fourth-order valence-electron chi connectivity index (χ4n) is 3.86. The molecule has 1 aromatic carbocycles. The van der Waals surface area contributed by atoms with Crippen LogP contribution in [0.15, 0.2) is 24.3 Å². The van der Waals surface area contributed by atoms with Crippen molar-refractivity contribution < 1.29 is 9.13 Å². The molecule has 2 atom stereocenters. The van der Waals surface area contributed by atoms with Crippen LogP contribution in [-0.4, -0.2) is 34.1 Å². The lowest BCUT2D eigenvalue weighted by atomic mass is 10.1. The number of hydrogen-bond acceptors (Lipinski definition) is 5. The SMILES string of the molecule is Cc1cc(OC2CCN(C(C)c3cc4nc(C)sc4cc3F)C2)cc(C)n1. The summed E-state index contributed by atoms with van der Waals surface area (Å²) >= 11 is 1.53. The highest BCUT2D eigenvalue weighted by Crippen LogP contribution is 2.32. The molecule has 0 saturated carbocycles. The van der Waals surface area contributed by atoms with Crippen molar-refractivity contribution in [1.82, 2.24) is 14.9 Å². The standard InChI is InChI=1S/C21H24FN3OS/c1-12-7-17(8-13(2)23-12)26-16-5-6-25(11-16)14(3)18-9-20-21(10-19(18)22)27-15(4)24-20/h7-10,14,16H,5-6,11H2,1-4H3. The molecule has 0 aliphatic carbocycles. The molecule has 4 nitrogen and oxygen atoms in total. The van der Waals surface area contributed by atoms with Gasteiger partial charge in [-0.25, -0.2) is 9.37 Å². The summed E-state index contributed by atoms with van der Waals surface area (Å²) in [4.78, 5) is 11.2. The number of benzene rings is 1. The number of rotatable bonds is 4. The van der Waals surface area contributed by atoms with Gasteiger partial charge in [0.25, 0.3) is 0 Å². The minimum absolute atomic E-state index is 0.00841. The highest BCUT2D eigenvalue weighted by Gasteiger charge is 2.29. The summed E-state index contributed by atoms with van der Waals surface area (Å²) in [6, 6.07) is 7.46. The van der Waals surface area contributed by atoms with Crippen molar-refractivity contribution in [2.75, 3.05) is 13.1 Å². The van der Waals surface area contributed by atoms with Crippen LogP contribution in [0, 0.1) is 26.6 Å². The minimum Gasteiger partial charge on any atom is -0.489 e. The van der Waals surface area contributed by atoms with Crippen LogP contribution < -0.4 is 4.74 Å². The van der Waals surface area contributed by atoms with Gasteiger partial charge in [0.05, 0.1) is 15.2 Å². The van der Waals surface area contributed by atoms with Gasteiger partial charge in [-0.05, 0) is 46.2 Å². The lowest BCUT2D eigenvalue weighted by Crippen LogP contribution is -2.28. The molecule has 0 N–H and O–H groups in total. The molecule has 3 heterocycles. The van der Waals surface area contributed by atoms with Gasteiger partial charge in [0.15, 0.2) is 0 Å². The zero-order chi connectivity index (χ0) is 19.1. The number of halogens is 1. The summed E-state index contributed by atoms with van der Waals surface area (Å²) in [6.07, 6.45) is 1.05. The molecule has 2 unspecified atom stereocenters. The molecule has 1 saturated heterocycles. The first-order valence-corrected chi connectivity index (χ1v) is 10.1. The predicted octanol–water partition coefficient (Wildman–Crippen LogP) is 4.97. The maximum absolute atomic E-state index is 14.7. The van der Waals surface area contributed by atoms with E-state index in [-0.39, 0.29) is 18.0 Å². The lowest BCUT2D eigenvalue weighted by molar-refractivity contribution is 0.181. The number of aromatic nitrogens is 2. The Kier molecular flexibility index (Phi) is 4.86. The van der Waals surface area contributed by atoms with Gasteiger partial charge >= 0.3 is 0 Å². The van der Waals surface area contributed by atoms with Crippen LogP contribution in [0.5, 0.6) is 5.75 Å². The number of thiazole rings is 1. The van der Waals surface area contributed by atoms with Crippen molar-refractivity contribution in [3.8, 4) is 5.75 Å². The number of fused-ring (bicyclic) bond motifs is 1. The second kappa shape index (κ2) is 7.17. The number of ether oxygens (including phenoxy) is 1. The zero-order valence-electron chi connectivity index (χ0n) is 16.1. The van der Waals surface area contributed by atoms with E-state index in [1.54, 1.807) is 6.07 Å². The van der Waals surface area contributed by atoms with Crippen molar-refractivity contribution in [1.29, 1.82) is 0 Å². The first kappa shape index (κ1) is 18.3. The van der Waals surface area contributed by atoms with Crippen LogP contribution in [0.4, 0.5) is 4.39 Å². The van der Waals surface area contributed by atoms with Crippen LogP contribution in [0.2, 0.25) is 0 Å². The van der Waals surface area contributed by atoms with E-state index in [0.717, 1.165) is 51.9 Å². The molecule has 6 heteroatoms.